The molecule has 1 aliphatic rings. The summed E-state index contributed by atoms with van der Waals surface area (Å²) < 4.78 is 13.1. The SMILES string of the molecule is N#C[C@@H](c1ccc(F)cc1)N1CCN(C(=O)CCNC(=O)c2ccc(Cl)cc2)CC1. The van der Waals surface area contributed by atoms with Gasteiger partial charge in [0.2, 0.25) is 5.91 Å². The van der Waals surface area contributed by atoms with Crippen LogP contribution in [0.15, 0.2) is 48.5 Å². The van der Waals surface area contributed by atoms with Gasteiger partial charge in [-0.05, 0) is 42.0 Å². The number of nitriles is 1. The third-order valence-electron chi connectivity index (χ3n) is 5.07. The van der Waals surface area contributed by atoms with Gasteiger partial charge < -0.3 is 10.2 Å². The van der Waals surface area contributed by atoms with Crippen LogP contribution in [0.1, 0.15) is 28.4 Å². The second-order valence-corrected chi connectivity index (χ2v) is 7.45. The van der Waals surface area contributed by atoms with Crippen molar-refractivity contribution in [3.05, 3.63) is 70.5 Å². The molecular weight excluding hydrogens is 407 g/mol. The predicted molar refractivity (Wildman–Crippen MR) is 111 cm³/mol. The van der Waals surface area contributed by atoms with Crippen LogP contribution in [-0.4, -0.2) is 54.3 Å². The number of carbonyl (C=O) groups is 2. The van der Waals surface area contributed by atoms with Crippen LogP contribution in [0.25, 0.3) is 0 Å². The Bertz CT molecular complexity index is 920. The lowest BCUT2D eigenvalue weighted by atomic mass is 10.1. The molecule has 1 atom stereocenters. The molecule has 2 amide bonds. The smallest absolute Gasteiger partial charge is 0.251 e. The largest absolute Gasteiger partial charge is 0.352 e. The maximum atomic E-state index is 13.1. The molecule has 30 heavy (non-hydrogen) atoms. The van der Waals surface area contributed by atoms with Crippen molar-refractivity contribution in [1.82, 2.24) is 15.1 Å². The Morgan fingerprint density at radius 3 is 2.30 bits per heavy atom. The van der Waals surface area contributed by atoms with E-state index < -0.39 is 6.04 Å². The molecule has 0 unspecified atom stereocenters. The third kappa shape index (κ3) is 5.56. The summed E-state index contributed by atoms with van der Waals surface area (Å²) in [5, 5.41) is 12.8. The maximum absolute atomic E-state index is 13.1. The number of benzene rings is 2. The number of halogens is 2. The number of hydrogen-bond donors (Lipinski definition) is 1. The van der Waals surface area contributed by atoms with Gasteiger partial charge in [-0.25, -0.2) is 4.39 Å². The quantitative estimate of drug-likeness (QED) is 0.767. The van der Waals surface area contributed by atoms with Crippen molar-refractivity contribution in [2.75, 3.05) is 32.7 Å². The highest BCUT2D eigenvalue weighted by Crippen LogP contribution is 2.22. The number of amides is 2. The molecule has 6 nitrogen and oxygen atoms in total. The summed E-state index contributed by atoms with van der Waals surface area (Å²) in [5.74, 6) is -0.629. The Labute approximate surface area is 179 Å². The van der Waals surface area contributed by atoms with E-state index in [9.17, 15) is 19.2 Å². The Morgan fingerprint density at radius 1 is 1.07 bits per heavy atom. The fourth-order valence-electron chi connectivity index (χ4n) is 3.39. The fraction of sp³-hybridized carbons (Fsp3) is 0.318. The van der Waals surface area contributed by atoms with Crippen molar-refractivity contribution in [1.29, 1.82) is 5.26 Å². The van der Waals surface area contributed by atoms with E-state index in [2.05, 4.69) is 11.4 Å². The minimum atomic E-state index is -0.471. The molecular formula is C22H22ClFN4O2. The monoisotopic (exact) mass is 428 g/mol. The van der Waals surface area contributed by atoms with Crippen LogP contribution in [0.4, 0.5) is 4.39 Å². The third-order valence-corrected chi connectivity index (χ3v) is 5.32. The van der Waals surface area contributed by atoms with E-state index in [-0.39, 0.29) is 30.6 Å². The minimum absolute atomic E-state index is 0.0404. The zero-order valence-electron chi connectivity index (χ0n) is 16.4. The Kier molecular flexibility index (Phi) is 7.39. The Hall–Kier alpha value is -2.95. The molecule has 0 aliphatic carbocycles. The molecule has 1 aliphatic heterocycles. The predicted octanol–water partition coefficient (Wildman–Crippen LogP) is 3.01. The molecule has 0 bridgehead atoms. The van der Waals surface area contributed by atoms with Crippen LogP contribution < -0.4 is 5.32 Å². The summed E-state index contributed by atoms with van der Waals surface area (Å²) in [5.41, 5.74) is 1.23. The zero-order chi connectivity index (χ0) is 21.5. The van der Waals surface area contributed by atoms with Crippen molar-refractivity contribution in [3.63, 3.8) is 0 Å². The minimum Gasteiger partial charge on any atom is -0.352 e. The van der Waals surface area contributed by atoms with Gasteiger partial charge in [0.05, 0.1) is 6.07 Å². The topological polar surface area (TPSA) is 76.4 Å². The van der Waals surface area contributed by atoms with Crippen molar-refractivity contribution in [2.45, 2.75) is 12.5 Å². The van der Waals surface area contributed by atoms with E-state index in [0.717, 1.165) is 5.56 Å². The van der Waals surface area contributed by atoms with Gasteiger partial charge in [-0.15, -0.1) is 0 Å². The Balaban J connectivity index is 1.44. The lowest BCUT2D eigenvalue weighted by molar-refractivity contribution is -0.133. The second-order valence-electron chi connectivity index (χ2n) is 7.01. The van der Waals surface area contributed by atoms with E-state index in [0.29, 0.717) is 36.8 Å². The van der Waals surface area contributed by atoms with Crippen LogP contribution in [0.3, 0.4) is 0 Å². The second kappa shape index (κ2) is 10.2. The van der Waals surface area contributed by atoms with Gasteiger partial charge in [0.1, 0.15) is 11.9 Å². The van der Waals surface area contributed by atoms with Crippen molar-refractivity contribution < 1.29 is 14.0 Å². The number of rotatable bonds is 6. The highest BCUT2D eigenvalue weighted by Gasteiger charge is 2.27. The summed E-state index contributed by atoms with van der Waals surface area (Å²) in [4.78, 5) is 28.3. The fourth-order valence-corrected chi connectivity index (χ4v) is 3.51. The molecule has 1 heterocycles. The normalized spacial score (nSPS) is 15.3. The average molecular weight is 429 g/mol. The highest BCUT2D eigenvalue weighted by molar-refractivity contribution is 6.30. The molecule has 1 fully saturated rings. The molecule has 0 saturated carbocycles. The van der Waals surface area contributed by atoms with Crippen LogP contribution >= 0.6 is 11.6 Å². The first kappa shape index (κ1) is 21.8. The first-order chi connectivity index (χ1) is 14.5. The van der Waals surface area contributed by atoms with Crippen LogP contribution in [0.2, 0.25) is 5.02 Å². The molecule has 156 valence electrons. The number of hydrogen-bond acceptors (Lipinski definition) is 4. The van der Waals surface area contributed by atoms with Gasteiger partial charge in [-0.1, -0.05) is 23.7 Å². The highest BCUT2D eigenvalue weighted by atomic mass is 35.5. The van der Waals surface area contributed by atoms with Crippen LogP contribution in [-0.2, 0) is 4.79 Å². The number of nitrogens with zero attached hydrogens (tertiary/aromatic N) is 3. The molecule has 2 aromatic rings. The number of nitrogens with one attached hydrogen (secondary N) is 1. The standard InChI is InChI=1S/C22H22ClFN4O2/c23-18-5-1-17(2-6-18)22(30)26-10-9-21(29)28-13-11-27(12-14-28)20(15-25)16-3-7-19(24)8-4-16/h1-8,20H,9-14H2,(H,26,30)/t20-/m0/s1. The lowest BCUT2D eigenvalue weighted by Gasteiger charge is -2.37. The molecule has 0 aromatic heterocycles. The summed E-state index contributed by atoms with van der Waals surface area (Å²) in [6, 6.07) is 14.3. The Morgan fingerprint density at radius 2 is 1.70 bits per heavy atom. The van der Waals surface area contributed by atoms with E-state index >= 15 is 0 Å². The van der Waals surface area contributed by atoms with Crippen molar-refractivity contribution >= 4 is 23.4 Å². The molecule has 1 N–H and O–H groups in total. The first-order valence-corrected chi connectivity index (χ1v) is 10.1. The zero-order valence-corrected chi connectivity index (χ0v) is 17.1. The summed E-state index contributed by atoms with van der Waals surface area (Å²) in [7, 11) is 0. The lowest BCUT2D eigenvalue weighted by Crippen LogP contribution is -2.50. The van der Waals surface area contributed by atoms with Crippen molar-refractivity contribution in [2.24, 2.45) is 0 Å². The molecule has 0 radical (unpaired) electrons. The first-order valence-electron chi connectivity index (χ1n) is 9.68. The van der Waals surface area contributed by atoms with Gasteiger partial charge in [0, 0.05) is 49.7 Å². The van der Waals surface area contributed by atoms with Gasteiger partial charge in [0.15, 0.2) is 0 Å². The molecule has 3 rings (SSSR count). The summed E-state index contributed by atoms with van der Waals surface area (Å²) >= 11 is 5.81. The molecule has 8 heteroatoms. The van der Waals surface area contributed by atoms with E-state index in [1.54, 1.807) is 41.3 Å². The van der Waals surface area contributed by atoms with Crippen LogP contribution in [0, 0.1) is 17.1 Å². The van der Waals surface area contributed by atoms with Gasteiger partial charge in [-0.2, -0.15) is 5.26 Å². The van der Waals surface area contributed by atoms with Gasteiger partial charge in [-0.3, -0.25) is 14.5 Å². The van der Waals surface area contributed by atoms with Gasteiger partial charge in [0.25, 0.3) is 5.91 Å². The van der Waals surface area contributed by atoms with E-state index in [4.69, 9.17) is 11.6 Å². The molecule has 0 spiro atoms. The molecule has 2 aromatic carbocycles. The average Bonchev–Trinajstić information content (AvgIpc) is 2.76. The number of carbonyl (C=O) groups excluding carboxylic acids is 2. The van der Waals surface area contributed by atoms with Gasteiger partial charge >= 0.3 is 0 Å². The summed E-state index contributed by atoms with van der Waals surface area (Å²) in [6.07, 6.45) is 0.207. The van der Waals surface area contributed by atoms with Crippen molar-refractivity contribution in [3.8, 4) is 6.07 Å². The van der Waals surface area contributed by atoms with Crippen LogP contribution in [0.5, 0.6) is 0 Å². The number of piperazine rings is 1. The van der Waals surface area contributed by atoms with E-state index in [1.807, 2.05) is 4.90 Å². The van der Waals surface area contributed by atoms with E-state index in [1.165, 1.54) is 12.1 Å². The molecule has 1 saturated heterocycles. The maximum Gasteiger partial charge on any atom is 0.251 e. The summed E-state index contributed by atoms with van der Waals surface area (Å²) in [6.45, 7) is 2.36.